The van der Waals surface area contributed by atoms with E-state index in [-0.39, 0.29) is 11.5 Å². The van der Waals surface area contributed by atoms with E-state index in [1.54, 1.807) is 16.0 Å². The average Bonchev–Trinajstić information content (AvgIpc) is 3.48. The molecule has 150 valence electrons. The van der Waals surface area contributed by atoms with Crippen molar-refractivity contribution in [2.24, 2.45) is 5.92 Å². The molecule has 0 radical (unpaired) electrons. The SMILES string of the molecule is O=C(CC1CCCC1)Nc1cc(-c2cccs2)nn1-c1nc2c(c(=O)[nH]1)CCC2. The van der Waals surface area contributed by atoms with Crippen LogP contribution in [0.3, 0.4) is 0 Å². The van der Waals surface area contributed by atoms with Gasteiger partial charge >= 0.3 is 0 Å². The van der Waals surface area contributed by atoms with Crippen LogP contribution in [0.25, 0.3) is 16.5 Å². The molecule has 0 saturated heterocycles. The van der Waals surface area contributed by atoms with Crippen LogP contribution in [0.2, 0.25) is 0 Å². The molecule has 2 N–H and O–H groups in total. The number of aryl methyl sites for hydroxylation is 1. The van der Waals surface area contributed by atoms with E-state index in [0.29, 0.717) is 24.1 Å². The van der Waals surface area contributed by atoms with Gasteiger partial charge in [-0.15, -0.1) is 11.3 Å². The molecule has 29 heavy (non-hydrogen) atoms. The van der Waals surface area contributed by atoms with Crippen LogP contribution < -0.4 is 10.9 Å². The molecule has 7 nitrogen and oxygen atoms in total. The van der Waals surface area contributed by atoms with Crippen molar-refractivity contribution in [1.82, 2.24) is 19.7 Å². The molecular weight excluding hydrogens is 386 g/mol. The van der Waals surface area contributed by atoms with Crippen molar-refractivity contribution in [3.8, 4) is 16.5 Å². The Balaban J connectivity index is 1.50. The van der Waals surface area contributed by atoms with E-state index in [9.17, 15) is 9.59 Å². The standard InChI is InChI=1S/C21H23N5O2S/c27-19(11-13-5-1-2-6-13)23-18-12-16(17-9-4-10-29-17)25-26(18)21-22-15-8-3-7-14(15)20(28)24-21/h4,9-10,12-13H,1-3,5-8,11H2,(H,23,27)(H,22,24,28). The maximum atomic E-state index is 12.7. The number of aromatic amines is 1. The van der Waals surface area contributed by atoms with Gasteiger partial charge in [-0.1, -0.05) is 18.9 Å². The first kappa shape index (κ1) is 18.3. The highest BCUT2D eigenvalue weighted by Crippen LogP contribution is 2.30. The quantitative estimate of drug-likeness (QED) is 0.672. The Bertz CT molecular complexity index is 1090. The predicted octanol–water partition coefficient (Wildman–Crippen LogP) is 3.69. The fourth-order valence-corrected chi connectivity index (χ4v) is 5.06. The summed E-state index contributed by atoms with van der Waals surface area (Å²) >= 11 is 1.58. The van der Waals surface area contributed by atoms with Gasteiger partial charge in [0.05, 0.1) is 10.6 Å². The van der Waals surface area contributed by atoms with Crippen LogP contribution in [0.4, 0.5) is 5.82 Å². The predicted molar refractivity (Wildman–Crippen MR) is 113 cm³/mol. The summed E-state index contributed by atoms with van der Waals surface area (Å²) in [7, 11) is 0. The molecule has 2 aliphatic carbocycles. The third kappa shape index (κ3) is 3.64. The molecule has 8 heteroatoms. The highest BCUT2D eigenvalue weighted by molar-refractivity contribution is 7.13. The number of carbonyl (C=O) groups is 1. The van der Waals surface area contributed by atoms with Crippen LogP contribution >= 0.6 is 11.3 Å². The van der Waals surface area contributed by atoms with Crippen molar-refractivity contribution in [2.75, 3.05) is 5.32 Å². The molecule has 5 rings (SSSR count). The normalized spacial score (nSPS) is 16.3. The molecule has 3 heterocycles. The van der Waals surface area contributed by atoms with Gasteiger partial charge in [0.25, 0.3) is 5.56 Å². The molecule has 0 aromatic carbocycles. The lowest BCUT2D eigenvalue weighted by Crippen LogP contribution is -2.21. The second-order valence-corrected chi connectivity index (χ2v) is 8.82. The topological polar surface area (TPSA) is 92.7 Å². The lowest BCUT2D eigenvalue weighted by atomic mass is 10.0. The molecule has 0 bridgehead atoms. The Labute approximate surface area is 172 Å². The maximum Gasteiger partial charge on any atom is 0.255 e. The van der Waals surface area contributed by atoms with E-state index in [0.717, 1.165) is 53.9 Å². The summed E-state index contributed by atoms with van der Waals surface area (Å²) in [5.74, 6) is 1.34. The Morgan fingerprint density at radius 1 is 1.28 bits per heavy atom. The van der Waals surface area contributed by atoms with Crippen molar-refractivity contribution in [3.63, 3.8) is 0 Å². The highest BCUT2D eigenvalue weighted by Gasteiger charge is 2.23. The van der Waals surface area contributed by atoms with E-state index in [1.165, 1.54) is 12.8 Å². The fourth-order valence-electron chi connectivity index (χ4n) is 4.38. The van der Waals surface area contributed by atoms with Gasteiger partial charge in [-0.3, -0.25) is 14.6 Å². The number of amides is 1. The third-order valence-electron chi connectivity index (χ3n) is 5.83. The first-order chi connectivity index (χ1) is 14.2. The number of nitrogens with one attached hydrogen (secondary N) is 2. The van der Waals surface area contributed by atoms with E-state index in [1.807, 2.05) is 23.6 Å². The summed E-state index contributed by atoms with van der Waals surface area (Å²) in [6.07, 6.45) is 7.68. The zero-order valence-electron chi connectivity index (χ0n) is 16.1. The van der Waals surface area contributed by atoms with E-state index in [4.69, 9.17) is 0 Å². The first-order valence-electron chi connectivity index (χ1n) is 10.2. The number of carbonyl (C=O) groups excluding carboxylic acids is 1. The molecular formula is C21H23N5O2S. The summed E-state index contributed by atoms with van der Waals surface area (Å²) in [6.45, 7) is 0. The second kappa shape index (κ2) is 7.59. The second-order valence-electron chi connectivity index (χ2n) is 7.88. The smallest absolute Gasteiger partial charge is 0.255 e. The van der Waals surface area contributed by atoms with E-state index < -0.39 is 0 Å². The summed E-state index contributed by atoms with van der Waals surface area (Å²) in [5.41, 5.74) is 2.24. The summed E-state index contributed by atoms with van der Waals surface area (Å²) in [6, 6.07) is 5.80. The van der Waals surface area contributed by atoms with Crippen LogP contribution in [-0.4, -0.2) is 25.7 Å². The summed E-state index contributed by atoms with van der Waals surface area (Å²) in [5, 5.41) is 9.65. The number of thiophene rings is 1. The van der Waals surface area contributed by atoms with Gasteiger partial charge in [0.2, 0.25) is 11.9 Å². The van der Waals surface area contributed by atoms with Gasteiger partial charge in [0, 0.05) is 18.1 Å². The van der Waals surface area contributed by atoms with Crippen molar-refractivity contribution < 1.29 is 4.79 Å². The molecule has 1 fully saturated rings. The fraction of sp³-hybridized carbons (Fsp3) is 0.429. The van der Waals surface area contributed by atoms with Crippen LogP contribution in [0.5, 0.6) is 0 Å². The van der Waals surface area contributed by atoms with E-state index in [2.05, 4.69) is 20.4 Å². The first-order valence-corrected chi connectivity index (χ1v) is 11.1. The minimum atomic E-state index is -0.112. The number of H-pyrrole nitrogens is 1. The van der Waals surface area contributed by atoms with Gasteiger partial charge in [-0.25, -0.2) is 4.98 Å². The van der Waals surface area contributed by atoms with Crippen LogP contribution in [-0.2, 0) is 17.6 Å². The zero-order valence-corrected chi connectivity index (χ0v) is 16.9. The average molecular weight is 410 g/mol. The monoisotopic (exact) mass is 409 g/mol. The number of aromatic nitrogens is 4. The van der Waals surface area contributed by atoms with Crippen molar-refractivity contribution in [1.29, 1.82) is 0 Å². The molecule has 0 unspecified atom stereocenters. The van der Waals surface area contributed by atoms with Gasteiger partial charge < -0.3 is 5.32 Å². The molecule has 3 aromatic heterocycles. The van der Waals surface area contributed by atoms with Gasteiger partial charge in [0.15, 0.2) is 0 Å². The maximum absolute atomic E-state index is 12.7. The number of anilines is 1. The molecule has 3 aromatic rings. The minimum absolute atomic E-state index is 0.0145. The van der Waals surface area contributed by atoms with E-state index >= 15 is 0 Å². The van der Waals surface area contributed by atoms with Gasteiger partial charge in [-0.2, -0.15) is 9.78 Å². The van der Waals surface area contributed by atoms with Gasteiger partial charge in [-0.05, 0) is 49.5 Å². The molecule has 0 aliphatic heterocycles. The Morgan fingerprint density at radius 3 is 2.93 bits per heavy atom. The Morgan fingerprint density at radius 2 is 2.14 bits per heavy atom. The number of nitrogens with zero attached hydrogens (tertiary/aromatic N) is 3. The molecule has 0 spiro atoms. The minimum Gasteiger partial charge on any atom is -0.310 e. The Kier molecular flexibility index (Phi) is 4.79. The molecule has 0 atom stereocenters. The molecule has 1 saturated carbocycles. The van der Waals surface area contributed by atoms with Crippen molar-refractivity contribution >= 4 is 23.1 Å². The van der Waals surface area contributed by atoms with Crippen LogP contribution in [0.15, 0.2) is 28.4 Å². The molecule has 1 amide bonds. The zero-order chi connectivity index (χ0) is 19.8. The lowest BCUT2D eigenvalue weighted by Gasteiger charge is -2.11. The Hall–Kier alpha value is -2.74. The largest absolute Gasteiger partial charge is 0.310 e. The van der Waals surface area contributed by atoms with Crippen molar-refractivity contribution in [2.45, 2.75) is 51.4 Å². The number of fused-ring (bicyclic) bond motifs is 1. The van der Waals surface area contributed by atoms with Crippen LogP contribution in [0.1, 0.15) is 49.8 Å². The third-order valence-corrected chi connectivity index (χ3v) is 6.72. The van der Waals surface area contributed by atoms with Crippen molar-refractivity contribution in [3.05, 3.63) is 45.2 Å². The summed E-state index contributed by atoms with van der Waals surface area (Å²) in [4.78, 5) is 33.6. The summed E-state index contributed by atoms with van der Waals surface area (Å²) < 4.78 is 1.56. The highest BCUT2D eigenvalue weighted by atomic mass is 32.1. The van der Waals surface area contributed by atoms with Crippen LogP contribution in [0, 0.1) is 5.92 Å². The number of rotatable bonds is 5. The van der Waals surface area contributed by atoms with Gasteiger partial charge in [0.1, 0.15) is 11.5 Å². The lowest BCUT2D eigenvalue weighted by molar-refractivity contribution is -0.117. The number of hydrogen-bond donors (Lipinski definition) is 2. The molecule has 2 aliphatic rings. The number of hydrogen-bond acceptors (Lipinski definition) is 5.